The summed E-state index contributed by atoms with van der Waals surface area (Å²) in [5.41, 5.74) is -0.413. The van der Waals surface area contributed by atoms with Crippen LogP contribution in [0.15, 0.2) is 0 Å². The van der Waals surface area contributed by atoms with Crippen LogP contribution in [-0.2, 0) is 13.8 Å². The van der Waals surface area contributed by atoms with Crippen LogP contribution in [0.1, 0.15) is 32.1 Å². The quantitative estimate of drug-likeness (QED) is 0.734. The maximum absolute atomic E-state index is 13.1. The van der Waals surface area contributed by atoms with Crippen molar-refractivity contribution in [2.45, 2.75) is 44.1 Å². The van der Waals surface area contributed by atoms with E-state index in [1.807, 2.05) is 0 Å². The Kier molecular flexibility index (Phi) is 3.42. The summed E-state index contributed by atoms with van der Waals surface area (Å²) >= 11 is 0. The molecule has 0 bridgehead atoms. The van der Waals surface area contributed by atoms with Gasteiger partial charge >= 0.3 is 0 Å². The fourth-order valence-electron chi connectivity index (χ4n) is 2.83. The molecule has 0 N–H and O–H groups in total. The maximum Gasteiger partial charge on any atom is 0.248 e. The fourth-order valence-corrected chi connectivity index (χ4v) is 3.99. The van der Waals surface area contributed by atoms with Crippen molar-refractivity contribution in [3.8, 4) is 0 Å². The fraction of sp³-hybridized carbons (Fsp3) is 1.00. The Morgan fingerprint density at radius 3 is 2.29 bits per heavy atom. The third-order valence-electron chi connectivity index (χ3n) is 3.93. The number of hydrogen-bond acceptors (Lipinski definition) is 3. The standard InChI is InChI=1S/C10H15ClF2O3S/c11-17(14,15)7-8-9(5-6-16-8)1-3-10(12,13)4-2-9/h8H,1-7H2. The molecule has 0 aromatic heterocycles. The summed E-state index contributed by atoms with van der Waals surface area (Å²) in [6.45, 7) is 0.433. The number of ether oxygens (including phenoxy) is 1. The molecule has 1 aliphatic carbocycles. The predicted molar refractivity (Wildman–Crippen MR) is 59.8 cm³/mol. The Labute approximate surface area is 104 Å². The monoisotopic (exact) mass is 288 g/mol. The van der Waals surface area contributed by atoms with E-state index in [2.05, 4.69) is 0 Å². The Morgan fingerprint density at radius 2 is 1.76 bits per heavy atom. The highest BCUT2D eigenvalue weighted by molar-refractivity contribution is 8.13. The van der Waals surface area contributed by atoms with Gasteiger partial charge in [0.2, 0.25) is 15.0 Å². The van der Waals surface area contributed by atoms with E-state index in [4.69, 9.17) is 15.4 Å². The molecule has 17 heavy (non-hydrogen) atoms. The van der Waals surface area contributed by atoms with E-state index in [9.17, 15) is 17.2 Å². The second-order valence-electron chi connectivity index (χ2n) is 5.03. The second kappa shape index (κ2) is 4.31. The third kappa shape index (κ3) is 3.09. The summed E-state index contributed by atoms with van der Waals surface area (Å²) in [5.74, 6) is -2.89. The van der Waals surface area contributed by atoms with Gasteiger partial charge in [-0.25, -0.2) is 17.2 Å². The first-order valence-corrected chi connectivity index (χ1v) is 8.12. The van der Waals surface area contributed by atoms with E-state index >= 15 is 0 Å². The summed E-state index contributed by atoms with van der Waals surface area (Å²) in [5, 5.41) is 0. The lowest BCUT2D eigenvalue weighted by Gasteiger charge is -2.39. The third-order valence-corrected chi connectivity index (χ3v) is 5.01. The van der Waals surface area contributed by atoms with Gasteiger partial charge in [0.05, 0.1) is 11.9 Å². The van der Waals surface area contributed by atoms with Crippen LogP contribution in [0.3, 0.4) is 0 Å². The average Bonchev–Trinajstić information content (AvgIpc) is 2.53. The lowest BCUT2D eigenvalue weighted by atomic mass is 9.69. The molecule has 1 saturated heterocycles. The van der Waals surface area contributed by atoms with Gasteiger partial charge in [-0.15, -0.1) is 0 Å². The summed E-state index contributed by atoms with van der Waals surface area (Å²) in [7, 11) is 1.56. The smallest absolute Gasteiger partial charge is 0.248 e. The highest BCUT2D eigenvalue weighted by Gasteiger charge is 2.51. The van der Waals surface area contributed by atoms with E-state index in [0.717, 1.165) is 0 Å². The first-order chi connectivity index (χ1) is 7.73. The van der Waals surface area contributed by atoms with Crippen LogP contribution in [0.4, 0.5) is 8.78 Å². The molecule has 2 rings (SSSR count). The van der Waals surface area contributed by atoms with E-state index in [1.54, 1.807) is 0 Å². The highest BCUT2D eigenvalue weighted by atomic mass is 35.7. The maximum atomic E-state index is 13.1. The summed E-state index contributed by atoms with van der Waals surface area (Å²) in [6.07, 6.45) is 0.389. The summed E-state index contributed by atoms with van der Waals surface area (Å²) < 4.78 is 53.8. The molecular formula is C10H15ClF2O3S. The van der Waals surface area contributed by atoms with Crippen molar-refractivity contribution in [2.24, 2.45) is 5.41 Å². The van der Waals surface area contributed by atoms with Crippen LogP contribution >= 0.6 is 10.7 Å². The van der Waals surface area contributed by atoms with Crippen LogP contribution in [0, 0.1) is 5.41 Å². The van der Waals surface area contributed by atoms with Crippen molar-refractivity contribution in [2.75, 3.05) is 12.4 Å². The van der Waals surface area contributed by atoms with Gasteiger partial charge in [-0.2, -0.15) is 0 Å². The largest absolute Gasteiger partial charge is 0.377 e. The molecule has 1 spiro atoms. The van der Waals surface area contributed by atoms with Crippen molar-refractivity contribution < 1.29 is 21.9 Å². The van der Waals surface area contributed by atoms with Crippen molar-refractivity contribution in [1.29, 1.82) is 0 Å². The molecule has 2 fully saturated rings. The van der Waals surface area contributed by atoms with Crippen LogP contribution in [0.2, 0.25) is 0 Å². The predicted octanol–water partition coefficient (Wildman–Crippen LogP) is 2.54. The zero-order valence-corrected chi connectivity index (χ0v) is 10.9. The van der Waals surface area contributed by atoms with Crippen molar-refractivity contribution in [3.05, 3.63) is 0 Å². The Bertz CT molecular complexity index is 386. The molecule has 1 heterocycles. The molecule has 0 amide bonds. The van der Waals surface area contributed by atoms with Crippen LogP contribution in [0.5, 0.6) is 0 Å². The van der Waals surface area contributed by atoms with E-state index in [-0.39, 0.29) is 18.6 Å². The van der Waals surface area contributed by atoms with Gasteiger partial charge < -0.3 is 4.74 Å². The molecule has 2 aliphatic rings. The van der Waals surface area contributed by atoms with Crippen LogP contribution in [-0.4, -0.2) is 32.8 Å². The van der Waals surface area contributed by atoms with Gasteiger partial charge in [-0.05, 0) is 19.3 Å². The molecule has 1 saturated carbocycles. The van der Waals surface area contributed by atoms with Gasteiger partial charge in [0, 0.05) is 35.5 Å². The Hall–Kier alpha value is 0.0600. The molecule has 3 nitrogen and oxygen atoms in total. The van der Waals surface area contributed by atoms with Gasteiger partial charge in [0.15, 0.2) is 0 Å². The minimum atomic E-state index is -3.65. The van der Waals surface area contributed by atoms with Gasteiger partial charge in [-0.3, -0.25) is 0 Å². The Balaban J connectivity index is 2.09. The first-order valence-electron chi connectivity index (χ1n) is 5.64. The van der Waals surface area contributed by atoms with Crippen LogP contribution < -0.4 is 0 Å². The normalized spacial score (nSPS) is 31.8. The molecule has 0 aromatic carbocycles. The molecule has 1 atom stereocenters. The molecule has 0 aromatic rings. The molecule has 100 valence electrons. The van der Waals surface area contributed by atoms with E-state index < -0.39 is 26.5 Å². The van der Waals surface area contributed by atoms with Crippen molar-refractivity contribution in [1.82, 2.24) is 0 Å². The van der Waals surface area contributed by atoms with Crippen molar-refractivity contribution in [3.63, 3.8) is 0 Å². The first kappa shape index (κ1) is 13.5. The lowest BCUT2D eigenvalue weighted by molar-refractivity contribution is -0.0797. The molecule has 1 aliphatic heterocycles. The lowest BCUT2D eigenvalue weighted by Crippen LogP contribution is -2.41. The highest BCUT2D eigenvalue weighted by Crippen LogP contribution is 2.51. The molecular weight excluding hydrogens is 274 g/mol. The van der Waals surface area contributed by atoms with Gasteiger partial charge in [0.1, 0.15) is 0 Å². The van der Waals surface area contributed by atoms with E-state index in [0.29, 0.717) is 25.9 Å². The molecule has 1 unspecified atom stereocenters. The zero-order valence-electron chi connectivity index (χ0n) is 9.29. The number of hydrogen-bond donors (Lipinski definition) is 0. The minimum Gasteiger partial charge on any atom is -0.377 e. The number of rotatable bonds is 2. The zero-order chi connectivity index (χ0) is 12.7. The minimum absolute atomic E-state index is 0.185. The number of halogens is 3. The van der Waals surface area contributed by atoms with Gasteiger partial charge in [-0.1, -0.05) is 0 Å². The average molecular weight is 289 g/mol. The molecule has 7 heteroatoms. The molecule has 0 radical (unpaired) electrons. The topological polar surface area (TPSA) is 43.4 Å². The SMILES string of the molecule is O=S(=O)(Cl)CC1OCCC12CCC(F)(F)CC2. The summed E-state index contributed by atoms with van der Waals surface area (Å²) in [6, 6.07) is 0. The van der Waals surface area contributed by atoms with E-state index in [1.165, 1.54) is 0 Å². The van der Waals surface area contributed by atoms with Crippen molar-refractivity contribution >= 4 is 19.7 Å². The second-order valence-corrected chi connectivity index (χ2v) is 7.85. The summed E-state index contributed by atoms with van der Waals surface area (Å²) in [4.78, 5) is 0. The van der Waals surface area contributed by atoms with Crippen LogP contribution in [0.25, 0.3) is 0 Å². The van der Waals surface area contributed by atoms with Gasteiger partial charge in [0.25, 0.3) is 0 Å². The number of alkyl halides is 2. The Morgan fingerprint density at radius 1 is 1.18 bits per heavy atom.